The highest BCUT2D eigenvalue weighted by atomic mass is 35.5. The van der Waals surface area contributed by atoms with Crippen LogP contribution in [-0.2, 0) is 18.4 Å². The van der Waals surface area contributed by atoms with E-state index in [1.54, 1.807) is 36.9 Å². The van der Waals surface area contributed by atoms with Gasteiger partial charge in [0, 0.05) is 12.7 Å². The number of aromatic nitrogens is 2. The number of esters is 1. The SMILES string of the molecule is Cc1ccc(N)cc1C(=O)OCc1c(Cl)c(C)nn1C. The van der Waals surface area contributed by atoms with E-state index in [2.05, 4.69) is 5.10 Å². The zero-order chi connectivity index (χ0) is 14.9. The first kappa shape index (κ1) is 14.4. The molecule has 0 bridgehead atoms. The molecule has 0 fully saturated rings. The van der Waals surface area contributed by atoms with Gasteiger partial charge in [0.05, 0.1) is 22.0 Å². The average Bonchev–Trinajstić information content (AvgIpc) is 2.64. The van der Waals surface area contributed by atoms with E-state index in [0.717, 1.165) is 5.56 Å². The van der Waals surface area contributed by atoms with Crippen LogP contribution in [0.2, 0.25) is 5.02 Å². The molecular formula is C14H16ClN3O2. The molecule has 2 N–H and O–H groups in total. The molecule has 1 aromatic heterocycles. The van der Waals surface area contributed by atoms with Crippen LogP contribution in [-0.4, -0.2) is 15.7 Å². The van der Waals surface area contributed by atoms with Gasteiger partial charge in [-0.25, -0.2) is 4.79 Å². The Morgan fingerprint density at radius 1 is 1.45 bits per heavy atom. The third-order valence-electron chi connectivity index (χ3n) is 3.08. The van der Waals surface area contributed by atoms with Gasteiger partial charge in [-0.05, 0) is 31.5 Å². The van der Waals surface area contributed by atoms with Crippen LogP contribution in [0.5, 0.6) is 0 Å². The predicted molar refractivity (Wildman–Crippen MR) is 77.7 cm³/mol. The van der Waals surface area contributed by atoms with Gasteiger partial charge in [0.15, 0.2) is 0 Å². The molecule has 5 nitrogen and oxygen atoms in total. The van der Waals surface area contributed by atoms with Crippen LogP contribution in [0.15, 0.2) is 18.2 Å². The standard InChI is InChI=1S/C14H16ClN3O2/c1-8-4-5-10(16)6-11(8)14(19)20-7-12-13(15)9(2)17-18(12)3/h4-6H,7,16H2,1-3H3. The van der Waals surface area contributed by atoms with Crippen molar-refractivity contribution in [2.75, 3.05) is 5.73 Å². The number of nitrogens with zero attached hydrogens (tertiary/aromatic N) is 2. The molecule has 1 aromatic carbocycles. The molecule has 20 heavy (non-hydrogen) atoms. The van der Waals surface area contributed by atoms with Crippen LogP contribution < -0.4 is 5.73 Å². The zero-order valence-electron chi connectivity index (χ0n) is 11.6. The molecule has 1 heterocycles. The van der Waals surface area contributed by atoms with Gasteiger partial charge in [-0.3, -0.25) is 4.68 Å². The number of benzene rings is 1. The van der Waals surface area contributed by atoms with E-state index in [-0.39, 0.29) is 6.61 Å². The third-order valence-corrected chi connectivity index (χ3v) is 3.57. The molecule has 0 atom stereocenters. The van der Waals surface area contributed by atoms with Crippen molar-refractivity contribution in [3.05, 3.63) is 45.7 Å². The molecule has 0 spiro atoms. The van der Waals surface area contributed by atoms with Crippen molar-refractivity contribution in [3.8, 4) is 0 Å². The van der Waals surface area contributed by atoms with E-state index in [1.807, 2.05) is 6.92 Å². The summed E-state index contributed by atoms with van der Waals surface area (Å²) in [4.78, 5) is 12.1. The molecule has 6 heteroatoms. The van der Waals surface area contributed by atoms with Crippen molar-refractivity contribution in [2.45, 2.75) is 20.5 Å². The highest BCUT2D eigenvalue weighted by molar-refractivity contribution is 6.31. The van der Waals surface area contributed by atoms with E-state index in [4.69, 9.17) is 22.1 Å². The highest BCUT2D eigenvalue weighted by Gasteiger charge is 2.15. The molecule has 0 saturated carbocycles. The number of hydrogen-bond acceptors (Lipinski definition) is 4. The van der Waals surface area contributed by atoms with Gasteiger partial charge in [0.2, 0.25) is 0 Å². The quantitative estimate of drug-likeness (QED) is 0.697. The number of nitrogen functional groups attached to an aromatic ring is 1. The minimum Gasteiger partial charge on any atom is -0.456 e. The Kier molecular flexibility index (Phi) is 3.99. The van der Waals surface area contributed by atoms with Crippen molar-refractivity contribution in [2.24, 2.45) is 7.05 Å². The summed E-state index contributed by atoms with van der Waals surface area (Å²) in [6.45, 7) is 3.70. The van der Waals surface area contributed by atoms with E-state index in [9.17, 15) is 4.79 Å². The topological polar surface area (TPSA) is 70.1 Å². The normalized spacial score (nSPS) is 10.6. The Morgan fingerprint density at radius 2 is 2.15 bits per heavy atom. The van der Waals surface area contributed by atoms with Gasteiger partial charge in [0.1, 0.15) is 6.61 Å². The fourth-order valence-electron chi connectivity index (χ4n) is 1.91. The summed E-state index contributed by atoms with van der Waals surface area (Å²) in [6, 6.07) is 5.13. The Bertz CT molecular complexity index is 665. The maximum Gasteiger partial charge on any atom is 0.338 e. The lowest BCUT2D eigenvalue weighted by Crippen LogP contribution is -2.10. The summed E-state index contributed by atoms with van der Waals surface area (Å²) >= 11 is 6.11. The first-order chi connectivity index (χ1) is 9.40. The highest BCUT2D eigenvalue weighted by Crippen LogP contribution is 2.21. The van der Waals surface area contributed by atoms with Gasteiger partial charge in [-0.1, -0.05) is 17.7 Å². The molecule has 106 valence electrons. The van der Waals surface area contributed by atoms with Gasteiger partial charge in [0.25, 0.3) is 0 Å². The summed E-state index contributed by atoms with van der Waals surface area (Å²) in [7, 11) is 1.76. The molecule has 0 radical (unpaired) electrons. The molecule has 2 aromatic rings. The van der Waals surface area contributed by atoms with Crippen LogP contribution in [0.1, 0.15) is 27.3 Å². The Labute approximate surface area is 122 Å². The monoisotopic (exact) mass is 293 g/mol. The number of rotatable bonds is 3. The van der Waals surface area contributed by atoms with Gasteiger partial charge >= 0.3 is 5.97 Å². The van der Waals surface area contributed by atoms with Crippen LogP contribution in [0.4, 0.5) is 5.69 Å². The zero-order valence-corrected chi connectivity index (χ0v) is 12.4. The average molecular weight is 294 g/mol. The van der Waals surface area contributed by atoms with E-state index >= 15 is 0 Å². The lowest BCUT2D eigenvalue weighted by atomic mass is 10.1. The summed E-state index contributed by atoms with van der Waals surface area (Å²) in [6.07, 6.45) is 0. The van der Waals surface area contributed by atoms with E-state index < -0.39 is 5.97 Å². The van der Waals surface area contributed by atoms with Crippen LogP contribution in [0.25, 0.3) is 0 Å². The molecule has 0 saturated heterocycles. The van der Waals surface area contributed by atoms with Crippen LogP contribution in [0.3, 0.4) is 0 Å². The van der Waals surface area contributed by atoms with Crippen molar-refractivity contribution >= 4 is 23.3 Å². The fraction of sp³-hybridized carbons (Fsp3) is 0.286. The maximum absolute atomic E-state index is 12.1. The third kappa shape index (κ3) is 2.77. The van der Waals surface area contributed by atoms with E-state index in [1.165, 1.54) is 0 Å². The first-order valence-corrected chi connectivity index (χ1v) is 6.49. The van der Waals surface area contributed by atoms with Gasteiger partial charge in [-0.2, -0.15) is 5.10 Å². The molecule has 0 aliphatic carbocycles. The van der Waals surface area contributed by atoms with E-state index in [0.29, 0.717) is 27.7 Å². The molecule has 0 amide bonds. The van der Waals surface area contributed by atoms with Crippen LogP contribution in [0, 0.1) is 13.8 Å². The summed E-state index contributed by atoms with van der Waals surface area (Å²) in [5.41, 5.74) is 8.86. The molecule has 0 aliphatic heterocycles. The molecule has 0 aliphatic rings. The number of hydrogen-bond donors (Lipinski definition) is 1. The molecule has 0 unspecified atom stereocenters. The largest absolute Gasteiger partial charge is 0.456 e. The van der Waals surface area contributed by atoms with Gasteiger partial charge in [-0.15, -0.1) is 0 Å². The number of carbonyl (C=O) groups excluding carboxylic acids is 1. The number of aryl methyl sites for hydroxylation is 3. The number of anilines is 1. The van der Waals surface area contributed by atoms with Crippen molar-refractivity contribution in [1.29, 1.82) is 0 Å². The van der Waals surface area contributed by atoms with Crippen molar-refractivity contribution in [1.82, 2.24) is 9.78 Å². The Morgan fingerprint density at radius 3 is 2.75 bits per heavy atom. The fourth-order valence-corrected chi connectivity index (χ4v) is 2.12. The summed E-state index contributed by atoms with van der Waals surface area (Å²) in [5.74, 6) is -0.426. The lowest BCUT2D eigenvalue weighted by Gasteiger charge is -2.08. The predicted octanol–water partition coefficient (Wildman–Crippen LogP) is 2.63. The Balaban J connectivity index is 2.15. The smallest absolute Gasteiger partial charge is 0.338 e. The number of ether oxygens (including phenoxy) is 1. The minimum atomic E-state index is -0.426. The number of carbonyl (C=O) groups is 1. The van der Waals surface area contributed by atoms with Gasteiger partial charge < -0.3 is 10.5 Å². The second-order valence-electron chi connectivity index (χ2n) is 4.62. The first-order valence-electron chi connectivity index (χ1n) is 6.11. The molecule has 2 rings (SSSR count). The van der Waals surface area contributed by atoms with Crippen molar-refractivity contribution in [3.63, 3.8) is 0 Å². The Hall–Kier alpha value is -2.01. The number of nitrogens with two attached hydrogens (primary N) is 1. The summed E-state index contributed by atoms with van der Waals surface area (Å²) < 4.78 is 6.89. The second kappa shape index (κ2) is 5.54. The maximum atomic E-state index is 12.1. The summed E-state index contributed by atoms with van der Waals surface area (Å²) in [5, 5.41) is 4.68. The number of halogens is 1. The van der Waals surface area contributed by atoms with Crippen LogP contribution >= 0.6 is 11.6 Å². The van der Waals surface area contributed by atoms with Crippen molar-refractivity contribution < 1.29 is 9.53 Å². The molecular weight excluding hydrogens is 278 g/mol. The minimum absolute atomic E-state index is 0.0727. The lowest BCUT2D eigenvalue weighted by molar-refractivity contribution is 0.0463. The second-order valence-corrected chi connectivity index (χ2v) is 5.00.